The zero-order chi connectivity index (χ0) is 38.1. The summed E-state index contributed by atoms with van der Waals surface area (Å²) in [6.45, 7) is 8.36. The summed E-state index contributed by atoms with van der Waals surface area (Å²) >= 11 is 0. The molecule has 0 spiro atoms. The van der Waals surface area contributed by atoms with Crippen LogP contribution in [0.3, 0.4) is 0 Å². The Kier molecular flexibility index (Phi) is 12.9. The maximum absolute atomic E-state index is 13.0. The minimum atomic E-state index is -1.70. The van der Waals surface area contributed by atoms with E-state index in [1.165, 1.54) is 10.8 Å². The predicted octanol–water partition coefficient (Wildman–Crippen LogP) is 6.51. The molecule has 0 radical (unpaired) electrons. The van der Waals surface area contributed by atoms with Crippen LogP contribution in [0.4, 0.5) is 0 Å². The Hall–Kier alpha value is -4.34. The SMILES string of the molecule is [2H]c1cn([C@H]2C[C@@H](OP(OCCC#N)N(C(C)C)C(C)C)[C@@H](COC(c3ccccc3)(c3ccc(OC)cc3)c3ccc(OC)cc3)O2)c(=O)[nH]c1=O. The maximum Gasteiger partial charge on any atom is 0.330 e. The summed E-state index contributed by atoms with van der Waals surface area (Å²) in [5.74, 6) is 1.37. The number of aromatic nitrogens is 2. The second kappa shape index (κ2) is 17.9. The van der Waals surface area contributed by atoms with E-state index in [9.17, 15) is 14.9 Å². The maximum atomic E-state index is 13.0. The lowest BCUT2D eigenvalue weighted by Gasteiger charge is -2.39. The number of nitrogens with one attached hydrogen (secondary N) is 1. The number of hydrogen-bond acceptors (Lipinski definition) is 10. The van der Waals surface area contributed by atoms with Crippen molar-refractivity contribution in [3.05, 3.63) is 129 Å². The van der Waals surface area contributed by atoms with E-state index in [1.807, 2.05) is 78.9 Å². The Morgan fingerprint density at radius 1 is 0.962 bits per heavy atom. The van der Waals surface area contributed by atoms with Crippen molar-refractivity contribution in [2.45, 2.75) is 76.7 Å². The van der Waals surface area contributed by atoms with Gasteiger partial charge < -0.3 is 28.0 Å². The van der Waals surface area contributed by atoms with Crippen LogP contribution in [0.2, 0.25) is 0 Å². The van der Waals surface area contributed by atoms with Gasteiger partial charge in [-0.15, -0.1) is 0 Å². The van der Waals surface area contributed by atoms with E-state index in [2.05, 4.69) is 43.4 Å². The molecule has 1 fully saturated rings. The highest BCUT2D eigenvalue weighted by Crippen LogP contribution is 2.50. The van der Waals surface area contributed by atoms with Crippen LogP contribution in [0.5, 0.6) is 11.5 Å². The summed E-state index contributed by atoms with van der Waals surface area (Å²) in [6.07, 6.45) is -0.758. The molecule has 52 heavy (non-hydrogen) atoms. The largest absolute Gasteiger partial charge is 0.497 e. The van der Waals surface area contributed by atoms with Crippen LogP contribution in [-0.4, -0.2) is 65.9 Å². The molecule has 1 aromatic heterocycles. The zero-order valence-corrected chi connectivity index (χ0v) is 31.2. The Bertz CT molecular complexity index is 1880. The minimum Gasteiger partial charge on any atom is -0.497 e. The molecular weight excluding hydrogens is 683 g/mol. The van der Waals surface area contributed by atoms with E-state index < -0.39 is 43.8 Å². The van der Waals surface area contributed by atoms with E-state index in [1.54, 1.807) is 14.2 Å². The molecule has 5 rings (SSSR count). The molecule has 3 aromatic carbocycles. The van der Waals surface area contributed by atoms with E-state index in [4.69, 9.17) is 29.4 Å². The van der Waals surface area contributed by atoms with Crippen molar-refractivity contribution in [2.24, 2.45) is 0 Å². The number of methoxy groups -OCH3 is 2. The summed E-state index contributed by atoms with van der Waals surface area (Å²) in [6, 6.07) is 27.1. The van der Waals surface area contributed by atoms with Crippen molar-refractivity contribution in [3.63, 3.8) is 0 Å². The van der Waals surface area contributed by atoms with E-state index >= 15 is 0 Å². The fraction of sp³-hybridized carbons (Fsp3) is 0.410. The lowest BCUT2D eigenvalue weighted by atomic mass is 9.80. The van der Waals surface area contributed by atoms with Crippen LogP contribution in [0.1, 0.15) is 64.8 Å². The first-order valence-corrected chi connectivity index (χ1v) is 18.4. The number of rotatable bonds is 17. The van der Waals surface area contributed by atoms with Crippen LogP contribution < -0.4 is 20.7 Å². The fourth-order valence-electron chi connectivity index (χ4n) is 6.42. The Morgan fingerprint density at radius 2 is 1.54 bits per heavy atom. The third-order valence-electron chi connectivity index (χ3n) is 8.81. The van der Waals surface area contributed by atoms with E-state index in [0.29, 0.717) is 11.5 Å². The molecule has 0 amide bonds. The Morgan fingerprint density at radius 3 is 2.08 bits per heavy atom. The highest BCUT2D eigenvalue weighted by atomic mass is 31.2. The summed E-state index contributed by atoms with van der Waals surface area (Å²) in [7, 11) is 1.52. The molecule has 12 nitrogen and oxygen atoms in total. The first-order chi connectivity index (χ1) is 25.5. The summed E-state index contributed by atoms with van der Waals surface area (Å²) in [5.41, 5.74) is -0.154. The van der Waals surface area contributed by atoms with Crippen LogP contribution in [0.15, 0.2) is 101 Å². The molecule has 0 aliphatic carbocycles. The average molecular weight is 732 g/mol. The molecule has 2 heterocycles. The molecule has 1 aliphatic heterocycles. The van der Waals surface area contributed by atoms with Crippen molar-refractivity contribution < 1.29 is 29.4 Å². The van der Waals surface area contributed by atoms with Crippen LogP contribution in [0, 0.1) is 11.3 Å². The molecule has 1 unspecified atom stereocenters. The molecule has 13 heteroatoms. The van der Waals surface area contributed by atoms with Gasteiger partial charge in [0.25, 0.3) is 14.1 Å². The van der Waals surface area contributed by atoms with Gasteiger partial charge in [0.05, 0.1) is 47.4 Å². The third-order valence-corrected chi connectivity index (χ3v) is 11.0. The topological polar surface area (TPSA) is 137 Å². The number of benzene rings is 3. The molecule has 1 aliphatic rings. The first kappa shape index (κ1) is 37.4. The van der Waals surface area contributed by atoms with Gasteiger partial charge in [-0.25, -0.2) is 9.46 Å². The number of ether oxygens (including phenoxy) is 4. The number of aromatic amines is 1. The number of nitrogens with zero attached hydrogens (tertiary/aromatic N) is 3. The smallest absolute Gasteiger partial charge is 0.330 e. The minimum absolute atomic E-state index is 0.00924. The lowest BCUT2D eigenvalue weighted by Crippen LogP contribution is -2.39. The summed E-state index contributed by atoms with van der Waals surface area (Å²) in [5, 5.41) is 9.28. The van der Waals surface area contributed by atoms with Gasteiger partial charge in [0.15, 0.2) is 0 Å². The van der Waals surface area contributed by atoms with E-state index in [-0.39, 0.29) is 44.2 Å². The Labute approximate surface area is 307 Å². The monoisotopic (exact) mass is 731 g/mol. The van der Waals surface area contributed by atoms with Crippen LogP contribution in [-0.2, 0) is 24.1 Å². The number of H-pyrrole nitrogens is 1. The van der Waals surface area contributed by atoms with Crippen molar-refractivity contribution in [3.8, 4) is 17.6 Å². The molecule has 0 bridgehead atoms. The second-order valence-corrected chi connectivity index (χ2v) is 14.2. The van der Waals surface area contributed by atoms with Gasteiger partial charge >= 0.3 is 5.69 Å². The molecular formula is C39H47N4O8P. The molecule has 1 N–H and O–H groups in total. The van der Waals surface area contributed by atoms with Gasteiger partial charge in [0.1, 0.15) is 29.4 Å². The quantitative estimate of drug-likeness (QED) is 0.0727. The molecule has 4 atom stereocenters. The fourth-order valence-corrected chi connectivity index (χ4v) is 8.18. The highest BCUT2D eigenvalue weighted by molar-refractivity contribution is 7.44. The zero-order valence-electron chi connectivity index (χ0n) is 31.4. The molecule has 4 aromatic rings. The Balaban J connectivity index is 1.60. The van der Waals surface area contributed by atoms with Crippen LogP contribution in [0.25, 0.3) is 0 Å². The molecule has 1 saturated heterocycles. The highest BCUT2D eigenvalue weighted by Gasteiger charge is 2.45. The third kappa shape index (κ3) is 8.81. The van der Waals surface area contributed by atoms with Gasteiger partial charge in [-0.3, -0.25) is 14.3 Å². The van der Waals surface area contributed by atoms with Crippen LogP contribution >= 0.6 is 8.53 Å². The molecule has 276 valence electrons. The first-order valence-electron chi connectivity index (χ1n) is 17.7. The number of nitriles is 1. The van der Waals surface area contributed by atoms with Gasteiger partial charge in [0, 0.05) is 30.7 Å². The number of hydrogen-bond donors (Lipinski definition) is 1. The van der Waals surface area contributed by atoms with Gasteiger partial charge in [-0.2, -0.15) is 5.26 Å². The predicted molar refractivity (Wildman–Crippen MR) is 198 cm³/mol. The molecule has 0 saturated carbocycles. The van der Waals surface area contributed by atoms with Gasteiger partial charge in [-0.1, -0.05) is 54.6 Å². The summed E-state index contributed by atoms with van der Waals surface area (Å²) < 4.78 is 49.3. The second-order valence-electron chi connectivity index (χ2n) is 12.8. The van der Waals surface area contributed by atoms with Crippen molar-refractivity contribution in [1.29, 1.82) is 5.26 Å². The van der Waals surface area contributed by atoms with Crippen molar-refractivity contribution in [1.82, 2.24) is 14.2 Å². The average Bonchev–Trinajstić information content (AvgIpc) is 3.56. The summed E-state index contributed by atoms with van der Waals surface area (Å²) in [4.78, 5) is 27.4. The van der Waals surface area contributed by atoms with E-state index in [0.717, 1.165) is 16.7 Å². The van der Waals surface area contributed by atoms with Gasteiger partial charge in [0.2, 0.25) is 0 Å². The van der Waals surface area contributed by atoms with Gasteiger partial charge in [-0.05, 0) is 68.7 Å². The van der Waals surface area contributed by atoms with Crippen molar-refractivity contribution >= 4 is 8.53 Å². The standard InChI is InChI=1S/C39H47N4O8P/c1-27(2)43(28(3)4)52(49-24-10-22-40)51-34-25-37(42-23-21-36(44)41-38(42)45)50-35(34)26-48-39(29-11-8-7-9-12-29,30-13-17-32(46-5)18-14-30)31-15-19-33(47-6)20-16-31/h7-9,11-21,23,27-28,34-35,37H,10,24-26H2,1-6H3,(H,41,44,45)/t34-,35-,37-,52?/m1/s1/i21D. The van der Waals surface area contributed by atoms with Crippen molar-refractivity contribution in [2.75, 3.05) is 27.4 Å². The normalized spacial score (nSPS) is 18.4. The lowest BCUT2D eigenvalue weighted by molar-refractivity contribution is -0.0925.